The van der Waals surface area contributed by atoms with E-state index in [1.54, 1.807) is 18.3 Å². The van der Waals surface area contributed by atoms with E-state index < -0.39 is 9.84 Å². The highest BCUT2D eigenvalue weighted by Crippen LogP contribution is 2.16. The molecule has 114 valence electrons. The van der Waals surface area contributed by atoms with Gasteiger partial charge in [0.2, 0.25) is 0 Å². The molecule has 0 saturated carbocycles. The molecule has 0 aromatic carbocycles. The average Bonchev–Trinajstić information content (AvgIpc) is 2.81. The number of aliphatic imine (C=N–C) groups is 1. The molecule has 0 aliphatic carbocycles. The van der Waals surface area contributed by atoms with Crippen molar-refractivity contribution < 1.29 is 8.42 Å². The first-order valence-electron chi connectivity index (χ1n) is 6.74. The Bertz CT molecular complexity index is 536. The molecule has 1 heterocycles. The molecular weight excluding hydrogens is 294 g/mol. The van der Waals surface area contributed by atoms with Crippen LogP contribution in [0.25, 0.3) is 0 Å². The third kappa shape index (κ3) is 5.92. The number of nitrogens with zero attached hydrogens (tertiary/aromatic N) is 1. The van der Waals surface area contributed by atoms with Crippen molar-refractivity contribution in [3.63, 3.8) is 0 Å². The second-order valence-electron chi connectivity index (χ2n) is 4.39. The Hall–Kier alpha value is -1.08. The lowest BCUT2D eigenvalue weighted by Crippen LogP contribution is -2.39. The van der Waals surface area contributed by atoms with E-state index in [-0.39, 0.29) is 11.5 Å². The zero-order chi connectivity index (χ0) is 15.0. The summed E-state index contributed by atoms with van der Waals surface area (Å²) in [6.07, 6.45) is 0. The summed E-state index contributed by atoms with van der Waals surface area (Å²) in [4.78, 5) is 5.70. The number of rotatable bonds is 7. The Kier molecular flexibility index (Phi) is 7.01. The minimum Gasteiger partial charge on any atom is -0.357 e. The standard InChI is InChI=1S/C13H23N3O2S2/c1-4-14-13(15-7-9-20(17,18)5-2)16-10-12-11(3)6-8-19-12/h6,8H,4-5,7,9-10H2,1-3H3,(H2,14,15,16). The number of thiophene rings is 1. The molecule has 0 spiro atoms. The summed E-state index contributed by atoms with van der Waals surface area (Å²) >= 11 is 1.68. The summed E-state index contributed by atoms with van der Waals surface area (Å²) in [5.74, 6) is 0.967. The number of aryl methyl sites for hydroxylation is 1. The van der Waals surface area contributed by atoms with Gasteiger partial charge in [-0.15, -0.1) is 11.3 Å². The number of hydrogen-bond acceptors (Lipinski definition) is 4. The third-order valence-electron chi connectivity index (χ3n) is 2.84. The predicted molar refractivity (Wildman–Crippen MR) is 86.2 cm³/mol. The molecule has 20 heavy (non-hydrogen) atoms. The van der Waals surface area contributed by atoms with E-state index >= 15 is 0 Å². The maximum Gasteiger partial charge on any atom is 0.191 e. The number of nitrogens with one attached hydrogen (secondary N) is 2. The highest BCUT2D eigenvalue weighted by molar-refractivity contribution is 7.91. The van der Waals surface area contributed by atoms with Crippen molar-refractivity contribution >= 4 is 27.1 Å². The number of sulfone groups is 1. The van der Waals surface area contributed by atoms with Crippen LogP contribution in [-0.4, -0.2) is 39.0 Å². The zero-order valence-electron chi connectivity index (χ0n) is 12.3. The Morgan fingerprint density at radius 1 is 1.35 bits per heavy atom. The van der Waals surface area contributed by atoms with Gasteiger partial charge in [-0.25, -0.2) is 13.4 Å². The minimum atomic E-state index is -2.94. The van der Waals surface area contributed by atoms with Crippen LogP contribution in [-0.2, 0) is 16.4 Å². The van der Waals surface area contributed by atoms with E-state index in [0.29, 0.717) is 19.0 Å². The van der Waals surface area contributed by atoms with Crippen LogP contribution >= 0.6 is 11.3 Å². The monoisotopic (exact) mass is 317 g/mol. The van der Waals surface area contributed by atoms with Crippen molar-refractivity contribution in [3.05, 3.63) is 21.9 Å². The number of guanidine groups is 1. The van der Waals surface area contributed by atoms with E-state index in [9.17, 15) is 8.42 Å². The lowest BCUT2D eigenvalue weighted by molar-refractivity contribution is 0.595. The first-order valence-corrected chi connectivity index (χ1v) is 9.44. The van der Waals surface area contributed by atoms with E-state index in [4.69, 9.17) is 0 Å². The molecule has 0 fully saturated rings. The van der Waals surface area contributed by atoms with Crippen LogP contribution in [0, 0.1) is 6.92 Å². The van der Waals surface area contributed by atoms with Gasteiger partial charge in [0.25, 0.3) is 0 Å². The Morgan fingerprint density at radius 3 is 2.65 bits per heavy atom. The van der Waals surface area contributed by atoms with Gasteiger partial charge in [0.1, 0.15) is 0 Å². The molecule has 0 aliphatic heterocycles. The molecule has 5 nitrogen and oxygen atoms in total. The molecule has 1 aromatic rings. The quantitative estimate of drug-likeness (QED) is 0.591. The molecule has 0 saturated heterocycles. The zero-order valence-corrected chi connectivity index (χ0v) is 13.9. The van der Waals surface area contributed by atoms with Crippen LogP contribution in [0.5, 0.6) is 0 Å². The molecule has 7 heteroatoms. The average molecular weight is 317 g/mol. The largest absolute Gasteiger partial charge is 0.357 e. The van der Waals surface area contributed by atoms with E-state index in [1.165, 1.54) is 10.4 Å². The molecule has 0 atom stereocenters. The molecule has 0 radical (unpaired) electrons. The van der Waals surface area contributed by atoms with Crippen LogP contribution in [0.15, 0.2) is 16.4 Å². The Balaban J connectivity index is 2.53. The summed E-state index contributed by atoms with van der Waals surface area (Å²) in [7, 11) is -2.94. The highest BCUT2D eigenvalue weighted by Gasteiger charge is 2.07. The van der Waals surface area contributed by atoms with Gasteiger partial charge in [-0.3, -0.25) is 0 Å². The van der Waals surface area contributed by atoms with Gasteiger partial charge in [-0.2, -0.15) is 0 Å². The molecule has 0 unspecified atom stereocenters. The number of hydrogen-bond donors (Lipinski definition) is 2. The summed E-state index contributed by atoms with van der Waals surface area (Å²) < 4.78 is 22.9. The van der Waals surface area contributed by atoms with Gasteiger partial charge in [0, 0.05) is 23.7 Å². The summed E-state index contributed by atoms with van der Waals surface area (Å²) in [5, 5.41) is 8.22. The maximum atomic E-state index is 11.4. The van der Waals surface area contributed by atoms with Gasteiger partial charge >= 0.3 is 0 Å². The lowest BCUT2D eigenvalue weighted by atomic mass is 10.3. The summed E-state index contributed by atoms with van der Waals surface area (Å²) in [6, 6.07) is 2.07. The van der Waals surface area contributed by atoms with E-state index in [1.807, 2.05) is 12.3 Å². The fraction of sp³-hybridized carbons (Fsp3) is 0.615. The lowest BCUT2D eigenvalue weighted by Gasteiger charge is -2.11. The van der Waals surface area contributed by atoms with Gasteiger partial charge < -0.3 is 10.6 Å². The van der Waals surface area contributed by atoms with Gasteiger partial charge in [0.05, 0.1) is 12.3 Å². The van der Waals surface area contributed by atoms with Crippen LogP contribution < -0.4 is 10.6 Å². The van der Waals surface area contributed by atoms with Crippen molar-refractivity contribution in [3.8, 4) is 0 Å². The van der Waals surface area contributed by atoms with E-state index in [0.717, 1.165) is 6.54 Å². The second kappa shape index (κ2) is 8.26. The van der Waals surface area contributed by atoms with Crippen LogP contribution in [0.3, 0.4) is 0 Å². The Morgan fingerprint density at radius 2 is 2.10 bits per heavy atom. The molecule has 0 amide bonds. The minimum absolute atomic E-state index is 0.131. The van der Waals surface area contributed by atoms with Crippen LogP contribution in [0.2, 0.25) is 0 Å². The van der Waals surface area contributed by atoms with Crippen molar-refractivity contribution in [2.24, 2.45) is 4.99 Å². The van der Waals surface area contributed by atoms with Crippen molar-refractivity contribution in [2.45, 2.75) is 27.3 Å². The summed E-state index contributed by atoms with van der Waals surface area (Å²) in [6.45, 7) is 7.45. The highest BCUT2D eigenvalue weighted by atomic mass is 32.2. The molecule has 1 aromatic heterocycles. The SMILES string of the molecule is CCNC(=NCc1sccc1C)NCCS(=O)(=O)CC. The smallest absolute Gasteiger partial charge is 0.191 e. The fourth-order valence-corrected chi connectivity index (χ4v) is 3.06. The van der Waals surface area contributed by atoms with Gasteiger partial charge in [0.15, 0.2) is 15.8 Å². The maximum absolute atomic E-state index is 11.4. The first kappa shape index (κ1) is 17.0. The van der Waals surface area contributed by atoms with Gasteiger partial charge in [-0.1, -0.05) is 6.92 Å². The third-order valence-corrected chi connectivity index (χ3v) is 5.55. The predicted octanol–water partition coefficient (Wildman–Crippen LogP) is 1.55. The van der Waals surface area contributed by atoms with Crippen molar-refractivity contribution in [2.75, 3.05) is 24.6 Å². The fourth-order valence-electron chi connectivity index (χ4n) is 1.53. The van der Waals surface area contributed by atoms with Gasteiger partial charge in [-0.05, 0) is 30.9 Å². The normalized spacial score (nSPS) is 12.4. The van der Waals surface area contributed by atoms with Crippen LogP contribution in [0.4, 0.5) is 0 Å². The molecule has 0 aliphatic rings. The molecular formula is C13H23N3O2S2. The van der Waals surface area contributed by atoms with Crippen molar-refractivity contribution in [1.82, 2.24) is 10.6 Å². The summed E-state index contributed by atoms with van der Waals surface area (Å²) in [5.41, 5.74) is 1.24. The topological polar surface area (TPSA) is 70.6 Å². The first-order chi connectivity index (χ1) is 9.48. The van der Waals surface area contributed by atoms with E-state index in [2.05, 4.69) is 28.6 Å². The molecule has 0 bridgehead atoms. The second-order valence-corrected chi connectivity index (χ2v) is 7.86. The molecule has 1 rings (SSSR count). The van der Waals surface area contributed by atoms with Crippen LogP contribution in [0.1, 0.15) is 24.3 Å². The Labute approximate surface area is 125 Å². The molecule has 2 N–H and O–H groups in total. The van der Waals surface area contributed by atoms with Crippen molar-refractivity contribution in [1.29, 1.82) is 0 Å².